The van der Waals surface area contributed by atoms with Crippen molar-refractivity contribution in [2.24, 2.45) is 5.92 Å². The van der Waals surface area contributed by atoms with Crippen LogP contribution in [0.4, 0.5) is 5.69 Å². The topological polar surface area (TPSA) is 52.6 Å². The monoisotopic (exact) mass is 308 g/mol. The van der Waals surface area contributed by atoms with Gasteiger partial charge in [-0.3, -0.25) is 4.79 Å². The number of halogens is 1. The van der Waals surface area contributed by atoms with E-state index in [2.05, 4.69) is 10.2 Å². The minimum Gasteiger partial charge on any atom is -0.389 e. The maximum atomic E-state index is 11.5. The molecular formula is C16H21ClN2O2. The third-order valence-corrected chi connectivity index (χ3v) is 4.92. The highest BCUT2D eigenvalue weighted by Crippen LogP contribution is 2.34. The first-order valence-electron chi connectivity index (χ1n) is 7.56. The van der Waals surface area contributed by atoms with E-state index >= 15 is 0 Å². The highest BCUT2D eigenvalue weighted by Gasteiger charge is 2.34. The van der Waals surface area contributed by atoms with E-state index in [0.29, 0.717) is 23.4 Å². The number of benzene rings is 1. The molecule has 0 aromatic heterocycles. The van der Waals surface area contributed by atoms with Gasteiger partial charge in [0.25, 0.3) is 0 Å². The van der Waals surface area contributed by atoms with Crippen molar-refractivity contribution in [1.29, 1.82) is 0 Å². The van der Waals surface area contributed by atoms with Gasteiger partial charge in [-0.15, -0.1) is 0 Å². The summed E-state index contributed by atoms with van der Waals surface area (Å²) in [5, 5.41) is 13.4. The molecule has 21 heavy (non-hydrogen) atoms. The van der Waals surface area contributed by atoms with Crippen LogP contribution in [0, 0.1) is 5.92 Å². The first-order valence-corrected chi connectivity index (χ1v) is 7.94. The molecule has 0 saturated carbocycles. The number of anilines is 1. The van der Waals surface area contributed by atoms with Gasteiger partial charge in [0.2, 0.25) is 5.91 Å². The van der Waals surface area contributed by atoms with Gasteiger partial charge in [-0.1, -0.05) is 17.7 Å². The van der Waals surface area contributed by atoms with Crippen LogP contribution in [-0.4, -0.2) is 30.1 Å². The lowest BCUT2D eigenvalue weighted by atomic mass is 9.85. The summed E-state index contributed by atoms with van der Waals surface area (Å²) in [6.07, 6.45) is 2.04. The molecule has 3 atom stereocenters. The molecule has 2 aliphatic rings. The van der Waals surface area contributed by atoms with E-state index in [0.717, 1.165) is 37.2 Å². The lowest BCUT2D eigenvalue weighted by Gasteiger charge is -2.42. The van der Waals surface area contributed by atoms with Gasteiger partial charge in [0, 0.05) is 25.6 Å². The van der Waals surface area contributed by atoms with Crippen molar-refractivity contribution in [3.8, 4) is 0 Å². The lowest BCUT2D eigenvalue weighted by Crippen LogP contribution is -2.54. The Morgan fingerprint density at radius 1 is 1.43 bits per heavy atom. The van der Waals surface area contributed by atoms with E-state index in [9.17, 15) is 9.90 Å². The second kappa shape index (κ2) is 5.85. The summed E-state index contributed by atoms with van der Waals surface area (Å²) >= 11 is 6.38. The summed E-state index contributed by atoms with van der Waals surface area (Å²) in [4.78, 5) is 13.8. The molecule has 0 radical (unpaired) electrons. The predicted octanol–water partition coefficient (Wildman–Crippen LogP) is 2.50. The Morgan fingerprint density at radius 2 is 2.24 bits per heavy atom. The Labute approximate surface area is 130 Å². The third-order valence-electron chi connectivity index (χ3n) is 4.62. The molecule has 0 aliphatic carbocycles. The molecule has 2 unspecified atom stereocenters. The number of rotatable bonds is 2. The maximum Gasteiger partial charge on any atom is 0.220 e. The molecule has 5 heteroatoms. The molecule has 2 fully saturated rings. The smallest absolute Gasteiger partial charge is 0.220 e. The average Bonchev–Trinajstić information content (AvgIpc) is 2.46. The minimum atomic E-state index is -0.504. The van der Waals surface area contributed by atoms with E-state index < -0.39 is 6.10 Å². The fraction of sp³-hybridized carbons (Fsp3) is 0.562. The van der Waals surface area contributed by atoms with Crippen LogP contribution in [0.3, 0.4) is 0 Å². The van der Waals surface area contributed by atoms with Crippen molar-refractivity contribution < 1.29 is 9.90 Å². The number of amides is 1. The fourth-order valence-corrected chi connectivity index (χ4v) is 3.68. The number of hydrogen-bond acceptors (Lipinski definition) is 3. The molecule has 1 aromatic carbocycles. The quantitative estimate of drug-likeness (QED) is 0.882. The van der Waals surface area contributed by atoms with Gasteiger partial charge in [-0.05, 0) is 43.4 Å². The van der Waals surface area contributed by atoms with E-state index in [4.69, 9.17) is 11.6 Å². The second-order valence-electron chi connectivity index (χ2n) is 6.09. The molecule has 2 saturated heterocycles. The Hall–Kier alpha value is -1.26. The van der Waals surface area contributed by atoms with Crippen molar-refractivity contribution in [3.63, 3.8) is 0 Å². The van der Waals surface area contributed by atoms with Crippen molar-refractivity contribution in [2.75, 3.05) is 18.0 Å². The average molecular weight is 309 g/mol. The van der Waals surface area contributed by atoms with Crippen LogP contribution in [-0.2, 0) is 4.79 Å². The number of aliphatic hydroxyl groups excluding tert-OH is 1. The highest BCUT2D eigenvalue weighted by atomic mass is 35.5. The van der Waals surface area contributed by atoms with Crippen LogP contribution < -0.4 is 10.2 Å². The summed E-state index contributed by atoms with van der Waals surface area (Å²) in [5.41, 5.74) is 1.86. The van der Waals surface area contributed by atoms with Gasteiger partial charge in [-0.25, -0.2) is 0 Å². The number of hydrogen-bond donors (Lipinski definition) is 2. The second-order valence-corrected chi connectivity index (χ2v) is 6.50. The molecule has 1 aromatic rings. The number of aliphatic hydroxyl groups is 1. The van der Waals surface area contributed by atoms with Gasteiger partial charge < -0.3 is 15.3 Å². The molecule has 0 bridgehead atoms. The largest absolute Gasteiger partial charge is 0.389 e. The zero-order chi connectivity index (χ0) is 15.0. The molecule has 2 heterocycles. The molecule has 114 valence electrons. The van der Waals surface area contributed by atoms with Crippen molar-refractivity contribution in [3.05, 3.63) is 28.8 Å². The number of carbonyl (C=O) groups is 1. The van der Waals surface area contributed by atoms with Crippen LogP contribution >= 0.6 is 11.6 Å². The highest BCUT2D eigenvalue weighted by molar-refractivity contribution is 6.33. The zero-order valence-electron chi connectivity index (χ0n) is 12.2. The normalized spacial score (nSPS) is 27.0. The summed E-state index contributed by atoms with van der Waals surface area (Å²) in [7, 11) is 0. The number of nitrogens with one attached hydrogen (secondary N) is 1. The number of nitrogens with zero attached hydrogens (tertiary/aromatic N) is 1. The molecule has 1 amide bonds. The molecule has 2 aliphatic heterocycles. The van der Waals surface area contributed by atoms with Gasteiger partial charge in [0.1, 0.15) is 0 Å². The maximum absolute atomic E-state index is 11.5. The standard InChI is InChI=1S/C16H21ClN2O2/c1-10(20)11-2-4-15(13(17)8-11)19-7-6-14-12(9-19)3-5-16(21)18-14/h2,4,8,10,12,14,20H,3,5-7,9H2,1H3,(H,18,21)/t10-,12?,14?/m0/s1. The number of fused-ring (bicyclic) bond motifs is 1. The van der Waals surface area contributed by atoms with Gasteiger partial charge in [0.15, 0.2) is 0 Å². The molecule has 3 rings (SSSR count). The van der Waals surface area contributed by atoms with Crippen LogP contribution in [0.25, 0.3) is 0 Å². The minimum absolute atomic E-state index is 0.184. The Kier molecular flexibility index (Phi) is 4.09. The van der Waals surface area contributed by atoms with Gasteiger partial charge in [-0.2, -0.15) is 0 Å². The van der Waals surface area contributed by atoms with Crippen molar-refractivity contribution in [1.82, 2.24) is 5.32 Å². The van der Waals surface area contributed by atoms with E-state index in [-0.39, 0.29) is 5.91 Å². The summed E-state index contributed by atoms with van der Waals surface area (Å²) in [5.74, 6) is 0.688. The van der Waals surface area contributed by atoms with Crippen LogP contribution in [0.15, 0.2) is 18.2 Å². The predicted molar refractivity (Wildman–Crippen MR) is 83.6 cm³/mol. The van der Waals surface area contributed by atoms with Crippen LogP contribution in [0.5, 0.6) is 0 Å². The summed E-state index contributed by atoms with van der Waals surface area (Å²) < 4.78 is 0. The van der Waals surface area contributed by atoms with Crippen molar-refractivity contribution >= 4 is 23.2 Å². The van der Waals surface area contributed by atoms with E-state index in [1.807, 2.05) is 18.2 Å². The van der Waals surface area contributed by atoms with E-state index in [1.165, 1.54) is 0 Å². The SMILES string of the molecule is C[C@H](O)c1ccc(N2CCC3NC(=O)CCC3C2)c(Cl)c1. The first kappa shape index (κ1) is 14.7. The van der Waals surface area contributed by atoms with E-state index in [1.54, 1.807) is 6.92 Å². The zero-order valence-corrected chi connectivity index (χ0v) is 12.9. The lowest BCUT2D eigenvalue weighted by molar-refractivity contribution is -0.124. The number of carbonyl (C=O) groups excluding carboxylic acids is 1. The first-order chi connectivity index (χ1) is 10.0. The molecule has 0 spiro atoms. The summed E-state index contributed by atoms with van der Waals surface area (Å²) in [6, 6.07) is 6.08. The summed E-state index contributed by atoms with van der Waals surface area (Å²) in [6.45, 7) is 3.56. The molecule has 4 nitrogen and oxygen atoms in total. The Bertz CT molecular complexity index is 547. The Balaban J connectivity index is 1.75. The van der Waals surface area contributed by atoms with Crippen molar-refractivity contribution in [2.45, 2.75) is 38.3 Å². The molecular weight excluding hydrogens is 288 g/mol. The van der Waals surface area contributed by atoms with Gasteiger partial charge >= 0.3 is 0 Å². The van der Waals surface area contributed by atoms with Gasteiger partial charge in [0.05, 0.1) is 16.8 Å². The molecule has 2 N–H and O–H groups in total. The fourth-order valence-electron chi connectivity index (χ4n) is 3.37. The van der Waals surface area contributed by atoms with Crippen LogP contribution in [0.1, 0.15) is 37.9 Å². The Morgan fingerprint density at radius 3 is 2.95 bits per heavy atom. The number of piperidine rings is 2. The van der Waals surface area contributed by atoms with Crippen LogP contribution in [0.2, 0.25) is 5.02 Å². The third kappa shape index (κ3) is 3.01.